The van der Waals surface area contributed by atoms with E-state index in [4.69, 9.17) is 4.65 Å². The number of nitrogens with zero attached hydrogens (tertiary/aromatic N) is 1. The van der Waals surface area contributed by atoms with Crippen LogP contribution >= 0.6 is 0 Å². The number of aryl methyl sites for hydroxylation is 1. The van der Waals surface area contributed by atoms with E-state index in [1.807, 2.05) is 29.9 Å². The fourth-order valence-corrected chi connectivity index (χ4v) is 3.37. The van der Waals surface area contributed by atoms with Crippen LogP contribution in [0.4, 0.5) is 0 Å². The molecule has 0 saturated heterocycles. The lowest BCUT2D eigenvalue weighted by atomic mass is 9.72. The maximum atomic E-state index is 12.6. The van der Waals surface area contributed by atoms with Crippen LogP contribution in [0.15, 0.2) is 48.7 Å². The molecule has 3 N–H and O–H groups in total. The Bertz CT molecular complexity index is 1060. The number of carboxylic acids is 1. The highest BCUT2D eigenvalue weighted by atomic mass is 16.5. The number of hydrogen-bond donors (Lipinski definition) is 3. The largest absolute Gasteiger partial charge is 0.547 e. The fourth-order valence-electron chi connectivity index (χ4n) is 3.37. The molecule has 0 saturated carbocycles. The van der Waals surface area contributed by atoms with Crippen LogP contribution in [0.5, 0.6) is 5.75 Å². The molecule has 1 aliphatic heterocycles. The van der Waals surface area contributed by atoms with Gasteiger partial charge in [0.05, 0.1) is 11.5 Å². The predicted molar refractivity (Wildman–Crippen MR) is 99.9 cm³/mol. The summed E-state index contributed by atoms with van der Waals surface area (Å²) < 4.78 is 7.33. The number of aromatic carboxylic acids is 1. The van der Waals surface area contributed by atoms with Gasteiger partial charge in [-0.05, 0) is 41.6 Å². The van der Waals surface area contributed by atoms with Crippen LogP contribution < -0.4 is 9.97 Å². The first kappa shape index (κ1) is 17.2. The third-order valence-electron chi connectivity index (χ3n) is 4.82. The fraction of sp³-hybridized carbons (Fsp3) is 0.158. The van der Waals surface area contributed by atoms with Crippen molar-refractivity contribution in [3.05, 3.63) is 65.4 Å². The lowest BCUT2D eigenvalue weighted by Gasteiger charge is -2.28. The minimum Gasteiger partial charge on any atom is -0.534 e. The summed E-state index contributed by atoms with van der Waals surface area (Å²) in [7, 11) is 0.570. The number of para-hydroxylation sites is 1. The highest BCUT2D eigenvalue weighted by molar-refractivity contribution is 6.47. The topological polar surface area (TPSA) is 101 Å². The van der Waals surface area contributed by atoms with Crippen LogP contribution in [0.2, 0.25) is 0 Å². The summed E-state index contributed by atoms with van der Waals surface area (Å²) in [6.45, 7) is 0. The molecule has 0 radical (unpaired) electrons. The van der Waals surface area contributed by atoms with Gasteiger partial charge in [0.2, 0.25) is 0 Å². The Morgan fingerprint density at radius 3 is 2.85 bits per heavy atom. The van der Waals surface area contributed by atoms with Crippen molar-refractivity contribution in [1.29, 1.82) is 0 Å². The predicted octanol–water partition coefficient (Wildman–Crippen LogP) is 1.63. The molecule has 3 aromatic rings. The number of amides is 1. The Labute approximate surface area is 155 Å². The van der Waals surface area contributed by atoms with Crippen LogP contribution in [0.25, 0.3) is 10.9 Å². The Hall–Kier alpha value is -3.26. The van der Waals surface area contributed by atoms with Gasteiger partial charge in [0, 0.05) is 24.3 Å². The van der Waals surface area contributed by atoms with Crippen LogP contribution in [-0.4, -0.2) is 39.6 Å². The number of aromatic nitrogens is 1. The summed E-state index contributed by atoms with van der Waals surface area (Å²) in [6.07, 6.45) is 2.19. The molecule has 136 valence electrons. The molecule has 1 unspecified atom stereocenters. The van der Waals surface area contributed by atoms with Crippen LogP contribution in [0.3, 0.4) is 0 Å². The SMILES string of the molecule is Cn1ccc2ccc(C(=O)NC3Cc4cccc(C(=O)O)c4OB3O)cc21. The van der Waals surface area contributed by atoms with Gasteiger partial charge in [-0.3, -0.25) is 4.79 Å². The highest BCUT2D eigenvalue weighted by Crippen LogP contribution is 2.30. The van der Waals surface area contributed by atoms with Gasteiger partial charge in [-0.1, -0.05) is 18.2 Å². The second-order valence-electron chi connectivity index (χ2n) is 6.59. The first-order valence-electron chi connectivity index (χ1n) is 8.50. The number of nitrogens with one attached hydrogen (secondary N) is 1. The molecule has 8 heteroatoms. The van der Waals surface area contributed by atoms with Crippen LogP contribution in [0.1, 0.15) is 26.3 Å². The number of benzene rings is 2. The summed E-state index contributed by atoms with van der Waals surface area (Å²) in [4.78, 5) is 23.9. The van der Waals surface area contributed by atoms with E-state index in [2.05, 4.69) is 5.32 Å². The molecule has 1 aliphatic rings. The minimum atomic E-state index is -1.33. The molecule has 7 nitrogen and oxygen atoms in total. The van der Waals surface area contributed by atoms with Crippen LogP contribution in [-0.2, 0) is 13.5 Å². The number of carboxylic acid groups (broad SMARTS) is 1. The van der Waals surface area contributed by atoms with E-state index in [-0.39, 0.29) is 23.6 Å². The van der Waals surface area contributed by atoms with E-state index in [0.717, 1.165) is 10.9 Å². The molecular formula is C19H17BN2O5. The minimum absolute atomic E-state index is 0.00881. The Morgan fingerprint density at radius 1 is 1.26 bits per heavy atom. The van der Waals surface area contributed by atoms with E-state index in [1.54, 1.807) is 24.3 Å². The summed E-state index contributed by atoms with van der Waals surface area (Å²) in [6, 6.07) is 12.1. The number of carbonyl (C=O) groups excluding carboxylic acids is 1. The van der Waals surface area contributed by atoms with E-state index in [0.29, 0.717) is 11.1 Å². The van der Waals surface area contributed by atoms with Crippen molar-refractivity contribution in [3.8, 4) is 5.75 Å². The number of fused-ring (bicyclic) bond motifs is 2. The molecule has 2 aromatic carbocycles. The van der Waals surface area contributed by atoms with Gasteiger partial charge in [-0.15, -0.1) is 0 Å². The van der Waals surface area contributed by atoms with Gasteiger partial charge in [-0.25, -0.2) is 4.79 Å². The monoisotopic (exact) mass is 364 g/mol. The zero-order valence-electron chi connectivity index (χ0n) is 14.5. The quantitative estimate of drug-likeness (QED) is 0.614. The van der Waals surface area contributed by atoms with Crippen molar-refractivity contribution < 1.29 is 24.4 Å². The van der Waals surface area contributed by atoms with E-state index < -0.39 is 19.0 Å². The van der Waals surface area contributed by atoms with Crippen molar-refractivity contribution in [2.24, 2.45) is 7.05 Å². The second-order valence-corrected chi connectivity index (χ2v) is 6.59. The van der Waals surface area contributed by atoms with Gasteiger partial charge in [0.15, 0.2) is 0 Å². The first-order valence-corrected chi connectivity index (χ1v) is 8.50. The normalized spacial score (nSPS) is 15.9. The third kappa shape index (κ3) is 3.04. The van der Waals surface area contributed by atoms with Gasteiger partial charge < -0.3 is 24.7 Å². The standard InChI is InChI=1S/C19H17BN2O5/c1-22-8-7-11-5-6-13(9-15(11)22)18(23)21-16-10-12-3-2-4-14(19(24)25)17(12)27-20(16)26/h2-9,16,26H,10H2,1H3,(H,21,23)(H,24,25). The second kappa shape index (κ2) is 6.48. The molecule has 27 heavy (non-hydrogen) atoms. The third-order valence-corrected chi connectivity index (χ3v) is 4.82. The van der Waals surface area contributed by atoms with E-state index >= 15 is 0 Å². The zero-order valence-corrected chi connectivity index (χ0v) is 14.5. The summed E-state index contributed by atoms with van der Waals surface area (Å²) in [5.74, 6) is -1.99. The molecule has 0 spiro atoms. The molecular weight excluding hydrogens is 347 g/mol. The van der Waals surface area contributed by atoms with E-state index in [9.17, 15) is 19.7 Å². The highest BCUT2D eigenvalue weighted by Gasteiger charge is 2.37. The Balaban J connectivity index is 1.57. The molecule has 0 fully saturated rings. The van der Waals surface area contributed by atoms with Crippen molar-refractivity contribution >= 4 is 29.9 Å². The summed E-state index contributed by atoms with van der Waals surface area (Å²) in [5, 5.41) is 23.3. The van der Waals surface area contributed by atoms with Crippen molar-refractivity contribution in [2.75, 3.05) is 0 Å². The average molecular weight is 364 g/mol. The van der Waals surface area contributed by atoms with Crippen molar-refractivity contribution in [1.82, 2.24) is 9.88 Å². The smallest absolute Gasteiger partial charge is 0.534 e. The van der Waals surface area contributed by atoms with E-state index in [1.165, 1.54) is 6.07 Å². The molecule has 1 amide bonds. The van der Waals surface area contributed by atoms with Gasteiger partial charge in [0.25, 0.3) is 5.91 Å². The molecule has 1 atom stereocenters. The maximum Gasteiger partial charge on any atom is 0.547 e. The zero-order chi connectivity index (χ0) is 19.1. The van der Waals surface area contributed by atoms with Gasteiger partial charge in [-0.2, -0.15) is 0 Å². The summed E-state index contributed by atoms with van der Waals surface area (Å²) >= 11 is 0. The first-order chi connectivity index (χ1) is 12.9. The Morgan fingerprint density at radius 2 is 2.07 bits per heavy atom. The lowest BCUT2D eigenvalue weighted by Crippen LogP contribution is -2.53. The molecule has 4 rings (SSSR count). The number of carbonyl (C=O) groups is 2. The number of hydrogen-bond acceptors (Lipinski definition) is 4. The van der Waals surface area contributed by atoms with Crippen molar-refractivity contribution in [2.45, 2.75) is 12.4 Å². The molecule has 0 bridgehead atoms. The van der Waals surface area contributed by atoms with Crippen LogP contribution in [0, 0.1) is 0 Å². The van der Waals surface area contributed by atoms with Gasteiger partial charge in [0.1, 0.15) is 5.75 Å². The molecule has 2 heterocycles. The summed E-state index contributed by atoms with van der Waals surface area (Å²) in [5.41, 5.74) is 2.02. The molecule has 0 aliphatic carbocycles. The van der Waals surface area contributed by atoms with Crippen molar-refractivity contribution in [3.63, 3.8) is 0 Å². The maximum absolute atomic E-state index is 12.6. The molecule has 1 aromatic heterocycles. The number of rotatable bonds is 3. The van der Waals surface area contributed by atoms with Gasteiger partial charge >= 0.3 is 13.1 Å². The lowest BCUT2D eigenvalue weighted by molar-refractivity contribution is 0.0693. The Kier molecular flexibility index (Phi) is 4.12. The average Bonchev–Trinajstić information content (AvgIpc) is 3.02.